The number of hydrogen-bond acceptors (Lipinski definition) is 2. The van der Waals surface area contributed by atoms with Gasteiger partial charge in [-0.1, -0.05) is 13.3 Å². The fourth-order valence-corrected chi connectivity index (χ4v) is 2.45. The van der Waals surface area contributed by atoms with Crippen LogP contribution >= 0.6 is 0 Å². The van der Waals surface area contributed by atoms with Gasteiger partial charge in [0.05, 0.1) is 0 Å². The van der Waals surface area contributed by atoms with Crippen LogP contribution in [-0.2, 0) is 4.79 Å². The molecule has 1 saturated heterocycles. The third-order valence-electron chi connectivity index (χ3n) is 3.18. The summed E-state index contributed by atoms with van der Waals surface area (Å²) in [6.45, 7) is 6.96. The van der Waals surface area contributed by atoms with Crippen molar-refractivity contribution in [2.75, 3.05) is 6.54 Å². The maximum absolute atomic E-state index is 12.1. The Balaban J connectivity index is 2.57. The SMILES string of the molecule is CCCC1CCCCN1C(=O)CC(C)(C)N. The quantitative estimate of drug-likeness (QED) is 0.799. The molecule has 0 aliphatic carbocycles. The number of carbonyl (C=O) groups is 1. The molecule has 1 rings (SSSR count). The average molecular weight is 226 g/mol. The molecule has 1 fully saturated rings. The van der Waals surface area contributed by atoms with Crippen molar-refractivity contribution in [3.63, 3.8) is 0 Å². The van der Waals surface area contributed by atoms with Gasteiger partial charge in [-0.05, 0) is 39.5 Å². The lowest BCUT2D eigenvalue weighted by Gasteiger charge is -2.37. The molecule has 16 heavy (non-hydrogen) atoms. The molecular formula is C13H26N2O. The Morgan fingerprint density at radius 2 is 2.12 bits per heavy atom. The monoisotopic (exact) mass is 226 g/mol. The molecule has 0 aromatic carbocycles. The van der Waals surface area contributed by atoms with Crippen LogP contribution in [0, 0.1) is 0 Å². The van der Waals surface area contributed by atoms with Gasteiger partial charge in [0.15, 0.2) is 0 Å². The molecule has 1 aliphatic rings. The first kappa shape index (κ1) is 13.5. The molecule has 1 aliphatic heterocycles. The molecule has 0 saturated carbocycles. The minimum atomic E-state index is -0.384. The summed E-state index contributed by atoms with van der Waals surface area (Å²) >= 11 is 0. The van der Waals surface area contributed by atoms with Crippen molar-refractivity contribution < 1.29 is 4.79 Å². The summed E-state index contributed by atoms with van der Waals surface area (Å²) in [6, 6.07) is 0.466. The summed E-state index contributed by atoms with van der Waals surface area (Å²) in [6.07, 6.45) is 6.34. The smallest absolute Gasteiger partial charge is 0.224 e. The normalized spacial score (nSPS) is 22.2. The van der Waals surface area contributed by atoms with Crippen LogP contribution in [0.2, 0.25) is 0 Å². The fourth-order valence-electron chi connectivity index (χ4n) is 2.45. The zero-order chi connectivity index (χ0) is 12.2. The van der Waals surface area contributed by atoms with E-state index in [9.17, 15) is 4.79 Å². The Morgan fingerprint density at radius 1 is 1.44 bits per heavy atom. The highest BCUT2D eigenvalue weighted by Crippen LogP contribution is 2.22. The Labute approximate surface area is 99.4 Å². The molecule has 2 N–H and O–H groups in total. The Hall–Kier alpha value is -0.570. The molecule has 94 valence electrons. The van der Waals surface area contributed by atoms with E-state index in [1.807, 2.05) is 13.8 Å². The zero-order valence-corrected chi connectivity index (χ0v) is 11.0. The van der Waals surface area contributed by atoms with Gasteiger partial charge < -0.3 is 10.6 Å². The highest BCUT2D eigenvalue weighted by molar-refractivity contribution is 5.77. The van der Waals surface area contributed by atoms with Gasteiger partial charge >= 0.3 is 0 Å². The fraction of sp³-hybridized carbons (Fsp3) is 0.923. The highest BCUT2D eigenvalue weighted by atomic mass is 16.2. The van der Waals surface area contributed by atoms with Crippen molar-refractivity contribution in [3.05, 3.63) is 0 Å². The van der Waals surface area contributed by atoms with Crippen molar-refractivity contribution >= 4 is 5.91 Å². The van der Waals surface area contributed by atoms with Crippen molar-refractivity contribution in [3.8, 4) is 0 Å². The van der Waals surface area contributed by atoms with E-state index in [1.54, 1.807) is 0 Å². The average Bonchev–Trinajstić information content (AvgIpc) is 2.16. The molecular weight excluding hydrogens is 200 g/mol. The van der Waals surface area contributed by atoms with Gasteiger partial charge in [0.1, 0.15) is 0 Å². The molecule has 0 aromatic heterocycles. The van der Waals surface area contributed by atoms with E-state index in [-0.39, 0.29) is 11.4 Å². The Bertz CT molecular complexity index is 231. The Kier molecular flexibility index (Phi) is 4.78. The topological polar surface area (TPSA) is 46.3 Å². The molecule has 0 spiro atoms. The van der Waals surface area contributed by atoms with Crippen LogP contribution in [0.1, 0.15) is 59.3 Å². The van der Waals surface area contributed by atoms with Crippen molar-refractivity contribution in [1.82, 2.24) is 4.90 Å². The van der Waals surface area contributed by atoms with Gasteiger partial charge in [-0.15, -0.1) is 0 Å². The van der Waals surface area contributed by atoms with Crippen LogP contribution in [0.15, 0.2) is 0 Å². The van der Waals surface area contributed by atoms with E-state index in [1.165, 1.54) is 12.8 Å². The van der Waals surface area contributed by atoms with Crippen molar-refractivity contribution in [2.45, 2.75) is 70.9 Å². The number of rotatable bonds is 4. The Morgan fingerprint density at radius 3 is 2.69 bits per heavy atom. The maximum Gasteiger partial charge on any atom is 0.224 e. The number of amides is 1. The first-order valence-electron chi connectivity index (χ1n) is 6.52. The van der Waals surface area contributed by atoms with Gasteiger partial charge in [0, 0.05) is 24.5 Å². The predicted molar refractivity (Wildman–Crippen MR) is 67.1 cm³/mol. The summed E-state index contributed by atoms with van der Waals surface area (Å²) < 4.78 is 0. The van der Waals surface area contributed by atoms with E-state index in [4.69, 9.17) is 5.73 Å². The number of carbonyl (C=O) groups excluding carboxylic acids is 1. The summed E-state index contributed by atoms with van der Waals surface area (Å²) in [5, 5.41) is 0. The van der Waals surface area contributed by atoms with Gasteiger partial charge in [0.2, 0.25) is 5.91 Å². The van der Waals surface area contributed by atoms with Gasteiger partial charge in [-0.3, -0.25) is 4.79 Å². The number of likely N-dealkylation sites (tertiary alicyclic amines) is 1. The number of nitrogens with zero attached hydrogens (tertiary/aromatic N) is 1. The van der Waals surface area contributed by atoms with Crippen molar-refractivity contribution in [2.24, 2.45) is 5.73 Å². The van der Waals surface area contributed by atoms with E-state index >= 15 is 0 Å². The van der Waals surface area contributed by atoms with Gasteiger partial charge in [0.25, 0.3) is 0 Å². The maximum atomic E-state index is 12.1. The largest absolute Gasteiger partial charge is 0.340 e. The third kappa shape index (κ3) is 4.12. The van der Waals surface area contributed by atoms with E-state index in [0.717, 1.165) is 25.8 Å². The first-order valence-corrected chi connectivity index (χ1v) is 6.52. The molecule has 0 bridgehead atoms. The van der Waals surface area contributed by atoms with Crippen LogP contribution < -0.4 is 5.73 Å². The molecule has 1 atom stereocenters. The summed E-state index contributed by atoms with van der Waals surface area (Å²) in [7, 11) is 0. The third-order valence-corrected chi connectivity index (χ3v) is 3.18. The highest BCUT2D eigenvalue weighted by Gasteiger charge is 2.28. The predicted octanol–water partition coefficient (Wildman–Crippen LogP) is 2.29. The standard InChI is InChI=1S/C13H26N2O/c1-4-7-11-8-5-6-9-15(11)12(16)10-13(2,3)14/h11H,4-10,14H2,1-3H3. The molecule has 1 amide bonds. The second kappa shape index (κ2) is 5.67. The lowest BCUT2D eigenvalue weighted by molar-refractivity contribution is -0.136. The lowest BCUT2D eigenvalue weighted by Crippen LogP contribution is -2.47. The minimum Gasteiger partial charge on any atom is -0.340 e. The van der Waals surface area contributed by atoms with E-state index in [0.29, 0.717) is 12.5 Å². The molecule has 1 heterocycles. The van der Waals surface area contributed by atoms with E-state index in [2.05, 4.69) is 11.8 Å². The van der Waals surface area contributed by atoms with Crippen LogP contribution in [0.5, 0.6) is 0 Å². The van der Waals surface area contributed by atoms with Gasteiger partial charge in [-0.25, -0.2) is 0 Å². The summed E-state index contributed by atoms with van der Waals surface area (Å²) in [4.78, 5) is 14.2. The molecule has 3 nitrogen and oxygen atoms in total. The molecule has 1 unspecified atom stereocenters. The lowest BCUT2D eigenvalue weighted by atomic mass is 9.95. The second-order valence-electron chi connectivity index (χ2n) is 5.69. The van der Waals surface area contributed by atoms with Crippen LogP contribution in [-0.4, -0.2) is 28.9 Å². The zero-order valence-electron chi connectivity index (χ0n) is 11.0. The second-order valence-corrected chi connectivity index (χ2v) is 5.69. The summed E-state index contributed by atoms with van der Waals surface area (Å²) in [5.41, 5.74) is 5.53. The summed E-state index contributed by atoms with van der Waals surface area (Å²) in [5.74, 6) is 0.241. The molecule has 0 radical (unpaired) electrons. The van der Waals surface area contributed by atoms with Crippen LogP contribution in [0.25, 0.3) is 0 Å². The number of hydrogen-bond donors (Lipinski definition) is 1. The number of nitrogens with two attached hydrogens (primary N) is 1. The van der Waals surface area contributed by atoms with Crippen LogP contribution in [0.4, 0.5) is 0 Å². The first-order chi connectivity index (χ1) is 7.44. The minimum absolute atomic E-state index is 0.241. The van der Waals surface area contributed by atoms with Crippen molar-refractivity contribution in [1.29, 1.82) is 0 Å². The van der Waals surface area contributed by atoms with Gasteiger partial charge in [-0.2, -0.15) is 0 Å². The van der Waals surface area contributed by atoms with Crippen LogP contribution in [0.3, 0.4) is 0 Å². The number of piperidine rings is 1. The molecule has 0 aromatic rings. The van der Waals surface area contributed by atoms with E-state index < -0.39 is 0 Å². The molecule has 3 heteroatoms.